The lowest BCUT2D eigenvalue weighted by Crippen LogP contribution is -2.27. The third kappa shape index (κ3) is 4.53. The number of rotatable bonds is 5. The molecule has 2 heterocycles. The first kappa shape index (κ1) is 21.9. The fourth-order valence-corrected chi connectivity index (χ4v) is 3.23. The number of aliphatic hydroxyl groups excluding tert-OH is 1. The zero-order valence-corrected chi connectivity index (χ0v) is 17.0. The molecular formula is C20H23F4N5O. The minimum atomic E-state index is -4.76. The van der Waals surface area contributed by atoms with E-state index in [-0.39, 0.29) is 13.0 Å². The molecule has 0 saturated heterocycles. The van der Waals surface area contributed by atoms with Gasteiger partial charge in [-0.2, -0.15) is 22.7 Å². The molecule has 6 nitrogen and oxygen atoms in total. The Balaban J connectivity index is 2.06. The Morgan fingerprint density at radius 3 is 2.40 bits per heavy atom. The number of alkyl halides is 3. The van der Waals surface area contributed by atoms with Crippen LogP contribution in [0.5, 0.6) is 0 Å². The van der Waals surface area contributed by atoms with Crippen molar-refractivity contribution in [3.8, 4) is 0 Å². The second-order valence-electron chi connectivity index (χ2n) is 8.18. The molecule has 2 N–H and O–H groups in total. The lowest BCUT2D eigenvalue weighted by atomic mass is 9.82. The molecule has 0 aliphatic carbocycles. The van der Waals surface area contributed by atoms with Crippen molar-refractivity contribution < 1.29 is 22.7 Å². The third-order valence-corrected chi connectivity index (χ3v) is 4.61. The lowest BCUT2D eigenvalue weighted by Gasteiger charge is -2.33. The Labute approximate surface area is 171 Å². The maximum absolute atomic E-state index is 14.2. The fourth-order valence-electron chi connectivity index (χ4n) is 3.23. The summed E-state index contributed by atoms with van der Waals surface area (Å²) in [5, 5.41) is 16.7. The number of nitrogens with zero attached hydrogens (tertiary/aromatic N) is 4. The first-order valence-electron chi connectivity index (χ1n) is 9.37. The molecule has 1 atom stereocenters. The molecule has 10 heteroatoms. The Morgan fingerprint density at radius 1 is 1.13 bits per heavy atom. The maximum Gasteiger partial charge on any atom is 0.419 e. The smallest absolute Gasteiger partial charge is 0.396 e. The van der Waals surface area contributed by atoms with E-state index in [2.05, 4.69) is 20.4 Å². The second kappa shape index (κ2) is 7.82. The van der Waals surface area contributed by atoms with Crippen LogP contribution in [0.4, 0.5) is 23.4 Å². The van der Waals surface area contributed by atoms with E-state index >= 15 is 0 Å². The topological polar surface area (TPSA) is 75.3 Å². The predicted octanol–water partition coefficient (Wildman–Crippen LogP) is 4.32. The highest BCUT2D eigenvalue weighted by Crippen LogP contribution is 2.38. The van der Waals surface area contributed by atoms with E-state index in [4.69, 9.17) is 5.11 Å². The normalized spacial score (nSPS) is 13.6. The summed E-state index contributed by atoms with van der Waals surface area (Å²) in [5.41, 5.74) is -0.763. The third-order valence-electron chi connectivity index (χ3n) is 4.61. The van der Waals surface area contributed by atoms with Gasteiger partial charge in [-0.05, 0) is 30.0 Å². The number of nitrogens with one attached hydrogen (secondary N) is 1. The van der Waals surface area contributed by atoms with Crippen LogP contribution in [0.25, 0.3) is 5.78 Å². The van der Waals surface area contributed by atoms with Gasteiger partial charge in [0, 0.05) is 18.2 Å². The van der Waals surface area contributed by atoms with Gasteiger partial charge in [-0.25, -0.2) is 9.37 Å². The SMILES string of the molecule is Cc1cc(NC(c2ccc(C(F)(F)F)c(F)c2)C(C)(C)C)n2nc(CCO)nc2n1. The molecule has 0 aliphatic heterocycles. The van der Waals surface area contributed by atoms with Crippen molar-refractivity contribution in [3.05, 3.63) is 52.7 Å². The summed E-state index contributed by atoms with van der Waals surface area (Å²) < 4.78 is 54.5. The van der Waals surface area contributed by atoms with Gasteiger partial charge in [0.15, 0.2) is 5.82 Å². The summed E-state index contributed by atoms with van der Waals surface area (Å²) in [7, 11) is 0. The number of aryl methyl sites for hydroxylation is 1. The molecule has 0 saturated carbocycles. The number of hydrogen-bond acceptors (Lipinski definition) is 5. The fraction of sp³-hybridized carbons (Fsp3) is 0.450. The Bertz CT molecular complexity index is 1060. The van der Waals surface area contributed by atoms with Gasteiger partial charge in [-0.15, -0.1) is 5.10 Å². The zero-order chi connectivity index (χ0) is 22.3. The molecule has 0 aliphatic rings. The molecule has 0 fully saturated rings. The molecule has 0 bridgehead atoms. The van der Waals surface area contributed by atoms with Crippen LogP contribution in [0.15, 0.2) is 24.3 Å². The van der Waals surface area contributed by atoms with Crippen LogP contribution in [-0.4, -0.2) is 31.3 Å². The first-order valence-corrected chi connectivity index (χ1v) is 9.37. The molecule has 0 spiro atoms. The Hall–Kier alpha value is -2.75. The number of hydrogen-bond donors (Lipinski definition) is 2. The molecule has 1 aromatic carbocycles. The molecule has 0 amide bonds. The number of halogens is 4. The van der Waals surface area contributed by atoms with Crippen molar-refractivity contribution in [3.63, 3.8) is 0 Å². The van der Waals surface area contributed by atoms with E-state index in [0.29, 0.717) is 28.7 Å². The van der Waals surface area contributed by atoms with Crippen molar-refractivity contribution in [1.82, 2.24) is 19.6 Å². The zero-order valence-electron chi connectivity index (χ0n) is 17.0. The number of anilines is 1. The molecular weight excluding hydrogens is 402 g/mol. The van der Waals surface area contributed by atoms with Gasteiger partial charge in [-0.1, -0.05) is 26.8 Å². The molecule has 0 radical (unpaired) electrons. The van der Waals surface area contributed by atoms with Crippen LogP contribution in [0.3, 0.4) is 0 Å². The van der Waals surface area contributed by atoms with E-state index in [1.807, 2.05) is 20.8 Å². The standard InChI is InChI=1S/C20H23F4N5O/c1-11-9-16(29-18(25-11)26-15(28-29)7-8-30)27-17(19(2,3)4)12-5-6-13(14(21)10-12)20(22,23)24/h5-6,9-10,17,27,30H,7-8H2,1-4H3. The number of fused-ring (bicyclic) bond motifs is 1. The van der Waals surface area contributed by atoms with Gasteiger partial charge in [0.1, 0.15) is 11.6 Å². The van der Waals surface area contributed by atoms with Gasteiger partial charge in [0.2, 0.25) is 0 Å². The minimum absolute atomic E-state index is 0.117. The van der Waals surface area contributed by atoms with E-state index in [0.717, 1.165) is 12.1 Å². The lowest BCUT2D eigenvalue weighted by molar-refractivity contribution is -0.140. The van der Waals surface area contributed by atoms with Gasteiger partial charge in [0.25, 0.3) is 5.78 Å². The van der Waals surface area contributed by atoms with Gasteiger partial charge >= 0.3 is 6.18 Å². The molecule has 3 aromatic rings. The number of benzene rings is 1. The molecule has 3 rings (SSSR count). The molecule has 1 unspecified atom stereocenters. The van der Waals surface area contributed by atoms with Crippen LogP contribution in [0.1, 0.15) is 49.5 Å². The van der Waals surface area contributed by atoms with Crippen LogP contribution < -0.4 is 5.32 Å². The van der Waals surface area contributed by atoms with Crippen molar-refractivity contribution in [2.75, 3.05) is 11.9 Å². The Kier molecular flexibility index (Phi) is 5.72. The van der Waals surface area contributed by atoms with Crippen LogP contribution in [-0.2, 0) is 12.6 Å². The summed E-state index contributed by atoms with van der Waals surface area (Å²) in [6.07, 6.45) is -4.50. The van der Waals surface area contributed by atoms with E-state index in [9.17, 15) is 17.6 Å². The van der Waals surface area contributed by atoms with Crippen molar-refractivity contribution in [2.24, 2.45) is 5.41 Å². The van der Waals surface area contributed by atoms with E-state index < -0.39 is 29.0 Å². The average Bonchev–Trinajstić information content (AvgIpc) is 2.99. The molecule has 30 heavy (non-hydrogen) atoms. The summed E-state index contributed by atoms with van der Waals surface area (Å²) in [6.45, 7) is 7.33. The minimum Gasteiger partial charge on any atom is -0.396 e. The van der Waals surface area contributed by atoms with Crippen molar-refractivity contribution in [2.45, 2.75) is 46.3 Å². The summed E-state index contributed by atoms with van der Waals surface area (Å²) in [5.74, 6) is -0.0775. The maximum atomic E-state index is 14.2. The van der Waals surface area contributed by atoms with Crippen molar-refractivity contribution in [1.29, 1.82) is 0 Å². The average molecular weight is 425 g/mol. The Morgan fingerprint density at radius 2 is 1.83 bits per heavy atom. The van der Waals surface area contributed by atoms with Crippen molar-refractivity contribution >= 4 is 11.6 Å². The van der Waals surface area contributed by atoms with Gasteiger partial charge < -0.3 is 10.4 Å². The highest BCUT2D eigenvalue weighted by Gasteiger charge is 2.35. The molecule has 162 valence electrons. The number of aromatic nitrogens is 4. The summed E-state index contributed by atoms with van der Waals surface area (Å²) in [6, 6.07) is 4.13. The predicted molar refractivity (Wildman–Crippen MR) is 104 cm³/mol. The van der Waals surface area contributed by atoms with Gasteiger partial charge in [-0.3, -0.25) is 0 Å². The summed E-state index contributed by atoms with van der Waals surface area (Å²) in [4.78, 5) is 8.59. The number of aliphatic hydroxyl groups is 1. The highest BCUT2D eigenvalue weighted by atomic mass is 19.4. The van der Waals surface area contributed by atoms with Crippen LogP contribution >= 0.6 is 0 Å². The van der Waals surface area contributed by atoms with Crippen LogP contribution in [0.2, 0.25) is 0 Å². The van der Waals surface area contributed by atoms with Gasteiger partial charge in [0.05, 0.1) is 18.2 Å². The van der Waals surface area contributed by atoms with E-state index in [1.165, 1.54) is 10.6 Å². The first-order chi connectivity index (χ1) is 13.9. The monoisotopic (exact) mass is 425 g/mol. The largest absolute Gasteiger partial charge is 0.419 e. The molecule has 2 aromatic heterocycles. The highest BCUT2D eigenvalue weighted by molar-refractivity contribution is 5.48. The quantitative estimate of drug-likeness (QED) is 0.596. The summed E-state index contributed by atoms with van der Waals surface area (Å²) >= 11 is 0. The van der Waals surface area contributed by atoms with Crippen LogP contribution in [0, 0.1) is 18.2 Å². The second-order valence-corrected chi connectivity index (χ2v) is 8.18. The van der Waals surface area contributed by atoms with E-state index in [1.54, 1.807) is 13.0 Å².